The number of H-pyrrole nitrogens is 2. The zero-order chi connectivity index (χ0) is 13.8. The summed E-state index contributed by atoms with van der Waals surface area (Å²) in [4.78, 5) is 30.4. The van der Waals surface area contributed by atoms with Crippen molar-refractivity contribution in [3.8, 4) is 5.88 Å². The SMILES string of the molecule is O=c1[nH]c(O)c(C=NCc2ccc(Br)cc2)c(=O)[nH]1. The molecule has 0 radical (unpaired) electrons. The molecule has 0 aliphatic rings. The summed E-state index contributed by atoms with van der Waals surface area (Å²) in [6, 6.07) is 7.54. The number of nitrogens with zero attached hydrogens (tertiary/aromatic N) is 1. The number of rotatable bonds is 3. The molecule has 98 valence electrons. The lowest BCUT2D eigenvalue weighted by atomic mass is 10.2. The molecule has 3 N–H and O–H groups in total. The number of aromatic amines is 2. The normalized spacial score (nSPS) is 11.0. The molecule has 2 rings (SSSR count). The number of hydrogen-bond acceptors (Lipinski definition) is 4. The number of aliphatic imine (C=N–C) groups is 1. The van der Waals surface area contributed by atoms with Gasteiger partial charge in [0, 0.05) is 10.7 Å². The molecule has 0 amide bonds. The molecule has 0 saturated carbocycles. The van der Waals surface area contributed by atoms with Crippen molar-refractivity contribution in [2.45, 2.75) is 6.54 Å². The lowest BCUT2D eigenvalue weighted by Crippen LogP contribution is -2.24. The van der Waals surface area contributed by atoms with Gasteiger partial charge in [-0.3, -0.25) is 19.8 Å². The largest absolute Gasteiger partial charge is 0.494 e. The lowest BCUT2D eigenvalue weighted by Gasteiger charge is -1.98. The van der Waals surface area contributed by atoms with Crippen LogP contribution in [0.1, 0.15) is 11.1 Å². The zero-order valence-electron chi connectivity index (χ0n) is 9.68. The molecule has 0 bridgehead atoms. The highest BCUT2D eigenvalue weighted by Gasteiger charge is 2.04. The van der Waals surface area contributed by atoms with Crippen LogP contribution in [0, 0.1) is 0 Å². The van der Waals surface area contributed by atoms with Crippen molar-refractivity contribution < 1.29 is 5.11 Å². The van der Waals surface area contributed by atoms with Crippen molar-refractivity contribution in [3.05, 3.63) is 60.7 Å². The van der Waals surface area contributed by atoms with E-state index in [2.05, 4.69) is 25.9 Å². The Hall–Kier alpha value is -2.15. The van der Waals surface area contributed by atoms with E-state index in [9.17, 15) is 14.7 Å². The average molecular weight is 324 g/mol. The topological polar surface area (TPSA) is 98.3 Å². The first-order valence-corrected chi connectivity index (χ1v) is 6.15. The van der Waals surface area contributed by atoms with E-state index < -0.39 is 17.1 Å². The van der Waals surface area contributed by atoms with Crippen molar-refractivity contribution >= 4 is 22.1 Å². The number of benzene rings is 1. The van der Waals surface area contributed by atoms with Gasteiger partial charge in [-0.05, 0) is 17.7 Å². The van der Waals surface area contributed by atoms with Crippen molar-refractivity contribution in [1.29, 1.82) is 0 Å². The van der Waals surface area contributed by atoms with E-state index in [0.717, 1.165) is 10.0 Å². The monoisotopic (exact) mass is 323 g/mol. The maximum atomic E-state index is 11.4. The highest BCUT2D eigenvalue weighted by molar-refractivity contribution is 9.10. The number of aromatic hydroxyl groups is 1. The number of aromatic nitrogens is 2. The highest BCUT2D eigenvalue weighted by Crippen LogP contribution is 2.11. The minimum absolute atomic E-state index is 0.0725. The second kappa shape index (κ2) is 5.66. The van der Waals surface area contributed by atoms with Crippen LogP contribution in [0.25, 0.3) is 0 Å². The maximum absolute atomic E-state index is 11.4. The molecule has 7 heteroatoms. The third-order valence-electron chi connectivity index (χ3n) is 2.37. The van der Waals surface area contributed by atoms with Gasteiger partial charge in [0.2, 0.25) is 5.88 Å². The molecule has 0 aliphatic carbocycles. The van der Waals surface area contributed by atoms with Gasteiger partial charge < -0.3 is 5.11 Å². The summed E-state index contributed by atoms with van der Waals surface area (Å²) in [5.74, 6) is -0.492. The van der Waals surface area contributed by atoms with Crippen molar-refractivity contribution in [2.24, 2.45) is 4.99 Å². The lowest BCUT2D eigenvalue weighted by molar-refractivity contribution is 0.447. The molecule has 19 heavy (non-hydrogen) atoms. The summed E-state index contributed by atoms with van der Waals surface area (Å²) >= 11 is 3.33. The van der Waals surface area contributed by atoms with Crippen LogP contribution in [0.2, 0.25) is 0 Å². The molecule has 2 aromatic rings. The summed E-state index contributed by atoms with van der Waals surface area (Å²) in [5, 5.41) is 9.43. The summed E-state index contributed by atoms with van der Waals surface area (Å²) in [7, 11) is 0. The first kappa shape index (κ1) is 13.3. The van der Waals surface area contributed by atoms with Gasteiger partial charge in [-0.15, -0.1) is 0 Å². The van der Waals surface area contributed by atoms with Gasteiger partial charge in [0.25, 0.3) is 5.56 Å². The zero-order valence-corrected chi connectivity index (χ0v) is 11.3. The van der Waals surface area contributed by atoms with Gasteiger partial charge in [0.05, 0.1) is 6.54 Å². The van der Waals surface area contributed by atoms with E-state index in [1.807, 2.05) is 29.2 Å². The van der Waals surface area contributed by atoms with Gasteiger partial charge in [-0.25, -0.2) is 4.79 Å². The molecule has 6 nitrogen and oxygen atoms in total. The molecule has 0 unspecified atom stereocenters. The predicted molar refractivity (Wildman–Crippen MR) is 74.8 cm³/mol. The third kappa shape index (κ3) is 3.41. The van der Waals surface area contributed by atoms with Crippen molar-refractivity contribution in [3.63, 3.8) is 0 Å². The first-order valence-electron chi connectivity index (χ1n) is 5.36. The molecule has 0 fully saturated rings. The minimum atomic E-state index is -0.757. The first-order chi connectivity index (χ1) is 9.06. The fraction of sp³-hybridized carbons (Fsp3) is 0.0833. The Labute approximate surface area is 116 Å². The van der Waals surface area contributed by atoms with E-state index in [0.29, 0.717) is 6.54 Å². The predicted octanol–water partition coefficient (Wildman–Crippen LogP) is 1.15. The van der Waals surface area contributed by atoms with Crippen LogP contribution < -0.4 is 11.2 Å². The Bertz CT molecular complexity index is 716. The number of halogens is 1. The summed E-state index contributed by atoms with van der Waals surface area (Å²) in [6.45, 7) is 0.366. The van der Waals surface area contributed by atoms with Crippen LogP contribution >= 0.6 is 15.9 Å². The van der Waals surface area contributed by atoms with Crippen LogP contribution in [0.5, 0.6) is 5.88 Å². The molecule has 1 heterocycles. The van der Waals surface area contributed by atoms with Crippen LogP contribution in [-0.4, -0.2) is 21.3 Å². The Morgan fingerprint density at radius 2 is 1.89 bits per heavy atom. The summed E-state index contributed by atoms with van der Waals surface area (Å²) in [6.07, 6.45) is 1.23. The summed E-state index contributed by atoms with van der Waals surface area (Å²) < 4.78 is 0.968. The van der Waals surface area contributed by atoms with E-state index in [1.165, 1.54) is 6.21 Å². The summed E-state index contributed by atoms with van der Waals surface area (Å²) in [5.41, 5.74) is -0.551. The van der Waals surface area contributed by atoms with Gasteiger partial charge >= 0.3 is 5.69 Å². The van der Waals surface area contributed by atoms with Gasteiger partial charge in [-0.2, -0.15) is 0 Å². The maximum Gasteiger partial charge on any atom is 0.328 e. The fourth-order valence-electron chi connectivity index (χ4n) is 1.44. The molecule has 0 saturated heterocycles. The van der Waals surface area contributed by atoms with E-state index >= 15 is 0 Å². The molecular formula is C12H10BrN3O3. The highest BCUT2D eigenvalue weighted by atomic mass is 79.9. The van der Waals surface area contributed by atoms with Crippen molar-refractivity contribution in [1.82, 2.24) is 9.97 Å². The van der Waals surface area contributed by atoms with Gasteiger partial charge in [0.15, 0.2) is 0 Å². The third-order valence-corrected chi connectivity index (χ3v) is 2.89. The standard InChI is InChI=1S/C12H10BrN3O3/c13-8-3-1-7(2-4-8)5-14-6-9-10(17)15-12(19)16-11(9)18/h1-4,6H,5H2,(H3,15,16,17,18,19). The van der Waals surface area contributed by atoms with Crippen LogP contribution in [0.4, 0.5) is 0 Å². The molecule has 1 aromatic carbocycles. The minimum Gasteiger partial charge on any atom is -0.494 e. The van der Waals surface area contributed by atoms with Gasteiger partial charge in [0.1, 0.15) is 5.56 Å². The fourth-order valence-corrected chi connectivity index (χ4v) is 1.70. The van der Waals surface area contributed by atoms with E-state index in [4.69, 9.17) is 0 Å². The Balaban J connectivity index is 2.18. The Morgan fingerprint density at radius 1 is 1.21 bits per heavy atom. The van der Waals surface area contributed by atoms with Crippen LogP contribution in [-0.2, 0) is 6.54 Å². The Morgan fingerprint density at radius 3 is 2.53 bits per heavy atom. The molecule has 1 aromatic heterocycles. The Kier molecular flexibility index (Phi) is 3.96. The van der Waals surface area contributed by atoms with Crippen LogP contribution in [0.3, 0.4) is 0 Å². The molecule has 0 aliphatic heterocycles. The molecular weight excluding hydrogens is 314 g/mol. The average Bonchev–Trinajstić information content (AvgIpc) is 2.34. The number of nitrogens with one attached hydrogen (secondary N) is 2. The molecule has 0 spiro atoms. The smallest absolute Gasteiger partial charge is 0.328 e. The molecule has 0 atom stereocenters. The van der Waals surface area contributed by atoms with Gasteiger partial charge in [-0.1, -0.05) is 28.1 Å². The quantitative estimate of drug-likeness (QED) is 0.739. The second-order valence-electron chi connectivity index (χ2n) is 3.77. The number of hydrogen-bond donors (Lipinski definition) is 3. The van der Waals surface area contributed by atoms with Crippen molar-refractivity contribution in [2.75, 3.05) is 0 Å². The second-order valence-corrected chi connectivity index (χ2v) is 4.68. The van der Waals surface area contributed by atoms with E-state index in [1.54, 1.807) is 0 Å². The van der Waals surface area contributed by atoms with Crippen LogP contribution in [0.15, 0.2) is 43.3 Å². The van der Waals surface area contributed by atoms with E-state index in [-0.39, 0.29) is 5.56 Å².